The molecule has 0 aromatic rings. The van der Waals surface area contributed by atoms with Gasteiger partial charge in [-0.15, -0.1) is 0 Å². The van der Waals surface area contributed by atoms with Crippen LogP contribution in [0.3, 0.4) is 0 Å². The van der Waals surface area contributed by atoms with Crippen LogP contribution in [0.1, 0.15) is 53.4 Å². The smallest absolute Gasteiger partial charge is 0.119 e. The number of piperidine rings is 1. The summed E-state index contributed by atoms with van der Waals surface area (Å²) in [5, 5.41) is 10.5. The molecule has 0 bridgehead atoms. The molecule has 2 unspecified atom stereocenters. The van der Waals surface area contributed by atoms with Crippen LogP contribution in [0.2, 0.25) is 0 Å². The Kier molecular flexibility index (Phi) is 10.2. The Bertz CT molecular complexity index is 654. The fraction of sp³-hybridized carbons (Fsp3) is 0.625. The molecule has 3 aliphatic rings. The van der Waals surface area contributed by atoms with Crippen LogP contribution < -0.4 is 16.0 Å². The van der Waals surface area contributed by atoms with Crippen molar-refractivity contribution in [3.8, 4) is 0 Å². The van der Waals surface area contributed by atoms with E-state index in [1.54, 1.807) is 12.2 Å². The predicted molar refractivity (Wildman–Crippen MR) is 122 cm³/mol. The maximum absolute atomic E-state index is 13.3. The van der Waals surface area contributed by atoms with Gasteiger partial charge < -0.3 is 16.0 Å². The van der Waals surface area contributed by atoms with Crippen molar-refractivity contribution in [2.45, 2.75) is 53.4 Å². The van der Waals surface area contributed by atoms with Gasteiger partial charge in [0.1, 0.15) is 5.83 Å². The van der Waals surface area contributed by atoms with E-state index in [0.29, 0.717) is 11.8 Å². The van der Waals surface area contributed by atoms with E-state index < -0.39 is 0 Å². The third-order valence-corrected chi connectivity index (χ3v) is 5.68. The second-order valence-corrected chi connectivity index (χ2v) is 7.89. The van der Waals surface area contributed by atoms with Gasteiger partial charge in [0.25, 0.3) is 0 Å². The lowest BCUT2D eigenvalue weighted by molar-refractivity contribution is 0.383. The molecular formula is C24H39FN4. The van der Waals surface area contributed by atoms with Crippen molar-refractivity contribution >= 4 is 5.84 Å². The second-order valence-electron chi connectivity index (χ2n) is 7.89. The van der Waals surface area contributed by atoms with Gasteiger partial charge in [0.05, 0.1) is 11.5 Å². The van der Waals surface area contributed by atoms with Gasteiger partial charge in [-0.3, -0.25) is 4.99 Å². The summed E-state index contributed by atoms with van der Waals surface area (Å²) in [6, 6.07) is 0. The molecule has 1 aliphatic heterocycles. The molecule has 0 amide bonds. The van der Waals surface area contributed by atoms with Crippen LogP contribution in [0.4, 0.5) is 4.39 Å². The summed E-state index contributed by atoms with van der Waals surface area (Å²) in [6.07, 6.45) is 14.1. The van der Waals surface area contributed by atoms with Gasteiger partial charge in [-0.1, -0.05) is 32.9 Å². The van der Waals surface area contributed by atoms with Gasteiger partial charge in [-0.2, -0.15) is 0 Å². The maximum Gasteiger partial charge on any atom is 0.119 e. The zero-order valence-corrected chi connectivity index (χ0v) is 18.6. The largest absolute Gasteiger partial charge is 0.383 e. The molecule has 0 radical (unpaired) electrons. The summed E-state index contributed by atoms with van der Waals surface area (Å²) in [7, 11) is 0. The van der Waals surface area contributed by atoms with Gasteiger partial charge in [-0.25, -0.2) is 4.39 Å². The number of hydrogen-bond acceptors (Lipinski definition) is 3. The molecule has 3 N–H and O–H groups in total. The lowest BCUT2D eigenvalue weighted by Crippen LogP contribution is -2.31. The van der Waals surface area contributed by atoms with Crippen molar-refractivity contribution in [1.82, 2.24) is 16.0 Å². The highest BCUT2D eigenvalue weighted by atomic mass is 19.1. The number of amidine groups is 1. The van der Waals surface area contributed by atoms with Gasteiger partial charge >= 0.3 is 0 Å². The van der Waals surface area contributed by atoms with Gasteiger partial charge in [0.15, 0.2) is 0 Å². The Balaban J connectivity index is 0.00000145. The molecule has 4 nitrogen and oxygen atoms in total. The van der Waals surface area contributed by atoms with E-state index in [4.69, 9.17) is 4.99 Å². The number of allylic oxidation sites excluding steroid dienone is 6. The van der Waals surface area contributed by atoms with Crippen molar-refractivity contribution in [3.63, 3.8) is 0 Å². The predicted octanol–water partition coefficient (Wildman–Crippen LogP) is 4.85. The molecular weight excluding hydrogens is 363 g/mol. The lowest BCUT2D eigenvalue weighted by atomic mass is 9.89. The first-order chi connectivity index (χ1) is 14.1. The normalized spacial score (nSPS) is 25.3. The maximum atomic E-state index is 13.3. The Labute approximate surface area is 176 Å². The molecule has 0 aromatic heterocycles. The fourth-order valence-corrected chi connectivity index (χ4v) is 3.85. The number of nitrogens with zero attached hydrogens (tertiary/aromatic N) is 1. The minimum atomic E-state index is -0.126. The zero-order valence-electron chi connectivity index (χ0n) is 18.6. The summed E-state index contributed by atoms with van der Waals surface area (Å²) in [6.45, 7) is 12.1. The highest BCUT2D eigenvalue weighted by molar-refractivity contribution is 5.81. The summed E-state index contributed by atoms with van der Waals surface area (Å²) in [5.74, 6) is 2.09. The highest BCUT2D eigenvalue weighted by Crippen LogP contribution is 2.23. The van der Waals surface area contributed by atoms with E-state index in [1.807, 2.05) is 19.9 Å². The Morgan fingerprint density at radius 1 is 1.24 bits per heavy atom. The molecule has 0 saturated carbocycles. The molecule has 0 aromatic carbocycles. The summed E-state index contributed by atoms with van der Waals surface area (Å²) in [5.41, 5.74) is 2.34. The second kappa shape index (κ2) is 12.6. The van der Waals surface area contributed by atoms with Crippen molar-refractivity contribution in [3.05, 3.63) is 47.6 Å². The van der Waals surface area contributed by atoms with Crippen LogP contribution in [0.5, 0.6) is 0 Å². The number of halogens is 1. The number of rotatable bonds is 6. The minimum absolute atomic E-state index is 0.126. The standard InChI is InChI=1S/C22H33FN4.C2H6/c1-16-13-20(23)8-7-19(16)15-26-21-5-3-4-6-22(21)27-17(2)25-14-18-9-11-24-12-10-18;1-2/h3,5,7-8,13,16,18-19,24,26H,4,6,9-12,14-15H2,1-2H3,(H,25,27);1-2H3. The molecule has 1 saturated heterocycles. The first kappa shape index (κ1) is 23.4. The number of aliphatic imine (C=N–C) groups is 1. The van der Waals surface area contributed by atoms with E-state index in [-0.39, 0.29) is 11.7 Å². The van der Waals surface area contributed by atoms with Crippen molar-refractivity contribution < 1.29 is 4.39 Å². The lowest BCUT2D eigenvalue weighted by Gasteiger charge is -2.25. The molecule has 0 spiro atoms. The summed E-state index contributed by atoms with van der Waals surface area (Å²) < 4.78 is 13.3. The highest BCUT2D eigenvalue weighted by Gasteiger charge is 2.18. The zero-order chi connectivity index (χ0) is 21.1. The van der Waals surface area contributed by atoms with E-state index in [1.165, 1.54) is 18.5 Å². The average molecular weight is 403 g/mol. The third-order valence-electron chi connectivity index (χ3n) is 5.68. The van der Waals surface area contributed by atoms with Crippen LogP contribution in [0.25, 0.3) is 0 Å². The summed E-state index contributed by atoms with van der Waals surface area (Å²) in [4.78, 5) is 4.78. The molecule has 2 atom stereocenters. The topological polar surface area (TPSA) is 48.5 Å². The van der Waals surface area contributed by atoms with Crippen LogP contribution in [0.15, 0.2) is 52.6 Å². The third kappa shape index (κ3) is 7.81. The molecule has 1 fully saturated rings. The van der Waals surface area contributed by atoms with Crippen LogP contribution in [-0.4, -0.2) is 32.0 Å². The van der Waals surface area contributed by atoms with E-state index in [9.17, 15) is 4.39 Å². The van der Waals surface area contributed by atoms with Crippen molar-refractivity contribution in [2.75, 3.05) is 26.2 Å². The molecule has 5 heteroatoms. The summed E-state index contributed by atoms with van der Waals surface area (Å²) >= 11 is 0. The molecule has 162 valence electrons. The van der Waals surface area contributed by atoms with Crippen LogP contribution >= 0.6 is 0 Å². The molecule has 29 heavy (non-hydrogen) atoms. The van der Waals surface area contributed by atoms with E-state index in [0.717, 1.165) is 50.6 Å². The van der Waals surface area contributed by atoms with Gasteiger partial charge in [0.2, 0.25) is 0 Å². The molecule has 1 heterocycles. The quantitative estimate of drug-likeness (QED) is 0.440. The Morgan fingerprint density at radius 3 is 2.72 bits per heavy atom. The van der Waals surface area contributed by atoms with E-state index in [2.05, 4.69) is 41.9 Å². The number of hydrogen-bond donors (Lipinski definition) is 3. The first-order valence-electron chi connectivity index (χ1n) is 11.3. The van der Waals surface area contributed by atoms with Crippen LogP contribution in [-0.2, 0) is 0 Å². The monoisotopic (exact) mass is 402 g/mol. The minimum Gasteiger partial charge on any atom is -0.383 e. The van der Waals surface area contributed by atoms with E-state index >= 15 is 0 Å². The Morgan fingerprint density at radius 2 is 2.00 bits per heavy atom. The number of nitrogens with one attached hydrogen (secondary N) is 3. The average Bonchev–Trinajstić information content (AvgIpc) is 2.75. The van der Waals surface area contributed by atoms with Crippen LogP contribution in [0, 0.1) is 17.8 Å². The first-order valence-corrected chi connectivity index (χ1v) is 11.3. The van der Waals surface area contributed by atoms with Gasteiger partial charge in [0, 0.05) is 24.7 Å². The van der Waals surface area contributed by atoms with Gasteiger partial charge in [-0.05, 0) is 75.8 Å². The van der Waals surface area contributed by atoms with Crippen molar-refractivity contribution in [2.24, 2.45) is 22.7 Å². The fourth-order valence-electron chi connectivity index (χ4n) is 3.85. The Hall–Kier alpha value is -1.88. The molecule has 2 aliphatic carbocycles. The van der Waals surface area contributed by atoms with Crippen molar-refractivity contribution in [1.29, 1.82) is 0 Å². The SMILES string of the molecule is CC.CC(=NCC1CCNCC1)NC1=C(NCC2C=CC(F)=CC2C)C=CCC1. The molecule has 3 rings (SSSR count).